The molecule has 1 N–H and O–H groups in total. The average molecular weight is 166 g/mol. The van der Waals surface area contributed by atoms with Crippen LogP contribution in [0.25, 0.3) is 0 Å². The summed E-state index contributed by atoms with van der Waals surface area (Å²) < 4.78 is 0. The van der Waals surface area contributed by atoms with Crippen LogP contribution in [0.1, 0.15) is 19.3 Å². The monoisotopic (exact) mass is 166 g/mol. The van der Waals surface area contributed by atoms with Crippen molar-refractivity contribution in [3.05, 3.63) is 0 Å². The minimum atomic E-state index is 0.212. The van der Waals surface area contributed by atoms with Crippen LogP contribution in [0.2, 0.25) is 0 Å². The smallest absolute Gasteiger partial charge is 0.234 e. The van der Waals surface area contributed by atoms with Crippen molar-refractivity contribution in [2.75, 3.05) is 19.6 Å². The van der Waals surface area contributed by atoms with Crippen LogP contribution in [0.5, 0.6) is 0 Å². The summed E-state index contributed by atoms with van der Waals surface area (Å²) >= 11 is 0. The van der Waals surface area contributed by atoms with E-state index in [0.29, 0.717) is 18.0 Å². The molecular weight excluding hydrogens is 152 g/mol. The molecule has 1 spiro atoms. The number of nitrogens with one attached hydrogen (secondary N) is 1. The van der Waals surface area contributed by atoms with Gasteiger partial charge in [0.25, 0.3) is 0 Å². The van der Waals surface area contributed by atoms with Crippen LogP contribution in [0, 0.1) is 5.41 Å². The van der Waals surface area contributed by atoms with Crippen molar-refractivity contribution in [2.24, 2.45) is 5.41 Å². The zero-order valence-corrected chi connectivity index (χ0v) is 7.18. The molecule has 2 heterocycles. The van der Waals surface area contributed by atoms with E-state index in [1.807, 2.05) is 0 Å². The van der Waals surface area contributed by atoms with Crippen molar-refractivity contribution in [3.63, 3.8) is 0 Å². The number of carbonyl (C=O) groups excluding carboxylic acids is 1. The van der Waals surface area contributed by atoms with E-state index < -0.39 is 0 Å². The minimum absolute atomic E-state index is 0.212. The quantitative estimate of drug-likeness (QED) is 0.548. The predicted octanol–water partition coefficient (Wildman–Crippen LogP) is -0.0293. The zero-order chi connectivity index (χ0) is 8.18. The first-order chi connectivity index (χ1) is 5.77. The molecule has 1 amide bonds. The van der Waals surface area contributed by atoms with E-state index in [2.05, 4.69) is 10.2 Å². The second kappa shape index (κ2) is 2.02. The van der Waals surface area contributed by atoms with E-state index in [1.165, 1.54) is 25.8 Å². The lowest BCUT2D eigenvalue weighted by Gasteiger charge is -2.28. The van der Waals surface area contributed by atoms with Gasteiger partial charge in [-0.25, -0.2) is 0 Å². The first kappa shape index (κ1) is 6.89. The molecule has 2 saturated heterocycles. The van der Waals surface area contributed by atoms with Crippen molar-refractivity contribution < 1.29 is 4.79 Å². The number of carbonyl (C=O) groups is 1. The average Bonchev–Trinajstić information content (AvgIpc) is 2.63. The van der Waals surface area contributed by atoms with Crippen molar-refractivity contribution in [2.45, 2.75) is 25.3 Å². The lowest BCUT2D eigenvalue weighted by Crippen LogP contribution is -2.51. The van der Waals surface area contributed by atoms with E-state index in [1.54, 1.807) is 0 Å². The lowest BCUT2D eigenvalue weighted by molar-refractivity contribution is -0.124. The van der Waals surface area contributed by atoms with Gasteiger partial charge in [0.15, 0.2) is 0 Å². The van der Waals surface area contributed by atoms with Gasteiger partial charge in [-0.15, -0.1) is 0 Å². The molecule has 3 rings (SSSR count). The first-order valence-corrected chi connectivity index (χ1v) is 4.78. The molecule has 66 valence electrons. The first-order valence-electron chi connectivity index (χ1n) is 4.78. The normalized spacial score (nSPS) is 38.0. The van der Waals surface area contributed by atoms with Gasteiger partial charge in [0.05, 0.1) is 6.54 Å². The molecule has 0 bridgehead atoms. The van der Waals surface area contributed by atoms with Gasteiger partial charge in [0.1, 0.15) is 0 Å². The maximum Gasteiger partial charge on any atom is 0.234 e. The van der Waals surface area contributed by atoms with E-state index in [4.69, 9.17) is 0 Å². The molecular formula is C9H14N2O. The Balaban J connectivity index is 1.77. The van der Waals surface area contributed by atoms with Gasteiger partial charge in [0.2, 0.25) is 5.91 Å². The van der Waals surface area contributed by atoms with Crippen LogP contribution >= 0.6 is 0 Å². The molecule has 0 aromatic carbocycles. The summed E-state index contributed by atoms with van der Waals surface area (Å²) in [5.74, 6) is 0.212. The summed E-state index contributed by atoms with van der Waals surface area (Å²) in [6.45, 7) is 2.72. The standard InChI is InChI=1S/C9H14N2O/c12-8-5-11-6-9(1-2-9)3-7(11)4-10-8/h7H,1-6H2,(H,10,12). The van der Waals surface area contributed by atoms with Crippen LogP contribution in [0.3, 0.4) is 0 Å². The number of fused-ring (bicyclic) bond motifs is 1. The molecule has 1 saturated carbocycles. The largest absolute Gasteiger partial charge is 0.353 e. The van der Waals surface area contributed by atoms with Gasteiger partial charge in [0, 0.05) is 19.1 Å². The fraction of sp³-hybridized carbons (Fsp3) is 0.889. The summed E-state index contributed by atoms with van der Waals surface area (Å²) in [6.07, 6.45) is 4.12. The van der Waals surface area contributed by atoms with Gasteiger partial charge < -0.3 is 5.32 Å². The highest BCUT2D eigenvalue weighted by molar-refractivity contribution is 5.79. The van der Waals surface area contributed by atoms with Crippen LogP contribution in [-0.2, 0) is 4.79 Å². The Morgan fingerprint density at radius 3 is 3.08 bits per heavy atom. The molecule has 0 radical (unpaired) electrons. The third-order valence-electron chi connectivity index (χ3n) is 3.56. The summed E-state index contributed by atoms with van der Waals surface area (Å²) in [5, 5.41) is 2.94. The van der Waals surface area contributed by atoms with Crippen LogP contribution in [0.15, 0.2) is 0 Å². The molecule has 2 aliphatic heterocycles. The zero-order valence-electron chi connectivity index (χ0n) is 7.18. The Bertz CT molecular complexity index is 235. The lowest BCUT2D eigenvalue weighted by atomic mass is 10.0. The van der Waals surface area contributed by atoms with Gasteiger partial charge in [-0.3, -0.25) is 9.69 Å². The maximum absolute atomic E-state index is 11.1. The summed E-state index contributed by atoms with van der Waals surface area (Å²) in [6, 6.07) is 0.658. The van der Waals surface area contributed by atoms with Crippen molar-refractivity contribution in [1.29, 1.82) is 0 Å². The molecule has 0 aromatic heterocycles. The number of nitrogens with zero attached hydrogens (tertiary/aromatic N) is 1. The van der Waals surface area contributed by atoms with Gasteiger partial charge >= 0.3 is 0 Å². The van der Waals surface area contributed by atoms with Gasteiger partial charge in [-0.2, -0.15) is 0 Å². The highest BCUT2D eigenvalue weighted by atomic mass is 16.2. The van der Waals surface area contributed by atoms with Crippen LogP contribution < -0.4 is 5.32 Å². The second-order valence-electron chi connectivity index (χ2n) is 4.57. The second-order valence-corrected chi connectivity index (χ2v) is 4.57. The molecule has 3 nitrogen and oxygen atoms in total. The number of hydrogen-bond acceptors (Lipinski definition) is 2. The minimum Gasteiger partial charge on any atom is -0.353 e. The number of amides is 1. The van der Waals surface area contributed by atoms with E-state index in [-0.39, 0.29) is 5.91 Å². The molecule has 0 aromatic rings. The van der Waals surface area contributed by atoms with Crippen LogP contribution in [-0.4, -0.2) is 36.5 Å². The molecule has 1 unspecified atom stereocenters. The maximum atomic E-state index is 11.1. The highest BCUT2D eigenvalue weighted by Gasteiger charge is 2.52. The Kier molecular flexibility index (Phi) is 1.16. The third kappa shape index (κ3) is 0.891. The van der Waals surface area contributed by atoms with Crippen molar-refractivity contribution in [1.82, 2.24) is 10.2 Å². The van der Waals surface area contributed by atoms with Crippen molar-refractivity contribution in [3.8, 4) is 0 Å². The van der Waals surface area contributed by atoms with E-state index in [9.17, 15) is 4.79 Å². The molecule has 1 atom stereocenters. The van der Waals surface area contributed by atoms with Crippen LogP contribution in [0.4, 0.5) is 0 Å². The summed E-state index contributed by atoms with van der Waals surface area (Å²) in [4.78, 5) is 13.5. The van der Waals surface area contributed by atoms with Crippen molar-refractivity contribution >= 4 is 5.91 Å². The number of piperazine rings is 1. The fourth-order valence-corrected chi connectivity index (χ4v) is 2.65. The Morgan fingerprint density at radius 1 is 1.50 bits per heavy atom. The highest BCUT2D eigenvalue weighted by Crippen LogP contribution is 2.54. The molecule has 12 heavy (non-hydrogen) atoms. The molecule has 3 fully saturated rings. The van der Waals surface area contributed by atoms with E-state index in [0.717, 1.165) is 6.54 Å². The van der Waals surface area contributed by atoms with Gasteiger partial charge in [-0.1, -0.05) is 0 Å². The summed E-state index contributed by atoms with van der Waals surface area (Å²) in [5.41, 5.74) is 0.650. The Labute approximate surface area is 72.1 Å². The number of hydrogen-bond donors (Lipinski definition) is 1. The SMILES string of the molecule is O=C1CN2CC3(CC3)CC2CN1. The topological polar surface area (TPSA) is 32.3 Å². The van der Waals surface area contributed by atoms with Gasteiger partial charge in [-0.05, 0) is 24.7 Å². The summed E-state index contributed by atoms with van der Waals surface area (Å²) in [7, 11) is 0. The van der Waals surface area contributed by atoms with E-state index >= 15 is 0 Å². The molecule has 3 aliphatic rings. The predicted molar refractivity (Wildman–Crippen MR) is 44.7 cm³/mol. The molecule has 1 aliphatic carbocycles. The third-order valence-corrected chi connectivity index (χ3v) is 3.56. The Morgan fingerprint density at radius 2 is 2.33 bits per heavy atom. The Hall–Kier alpha value is -0.570. The molecule has 3 heteroatoms. The number of rotatable bonds is 0. The fourth-order valence-electron chi connectivity index (χ4n) is 2.65.